The summed E-state index contributed by atoms with van der Waals surface area (Å²) in [6.07, 6.45) is -4.07. The molecule has 0 saturated carbocycles. The third-order valence-corrected chi connectivity index (χ3v) is 4.03. The van der Waals surface area contributed by atoms with Gasteiger partial charge in [0.25, 0.3) is 5.56 Å². The number of aromatic nitrogens is 1. The Morgan fingerprint density at radius 1 is 1.15 bits per heavy atom. The molecule has 1 aromatic carbocycles. The highest BCUT2D eigenvalue weighted by atomic mass is 79.9. The first-order chi connectivity index (χ1) is 12.6. The number of hydrogen-bond acceptors (Lipinski definition) is 3. The summed E-state index contributed by atoms with van der Waals surface area (Å²) in [6, 6.07) is 6.60. The normalized spacial score (nSPS) is 11.1. The summed E-state index contributed by atoms with van der Waals surface area (Å²) in [5, 5.41) is 4.87. The molecule has 0 fully saturated rings. The minimum Gasteiger partial charge on any atom is -0.345 e. The van der Waals surface area contributed by atoms with Crippen LogP contribution in [0.15, 0.2) is 45.8 Å². The molecule has 0 aliphatic rings. The number of amides is 2. The van der Waals surface area contributed by atoms with Crippen LogP contribution in [-0.4, -0.2) is 22.9 Å². The van der Waals surface area contributed by atoms with Crippen molar-refractivity contribution in [1.29, 1.82) is 0 Å². The SMILES string of the molecule is Cc1cc(Br)ccc1NC(=O)CNC(=O)Cn1cc(C(F)(F)F)ccc1=O. The summed E-state index contributed by atoms with van der Waals surface area (Å²) >= 11 is 3.30. The van der Waals surface area contributed by atoms with Crippen LogP contribution in [0.25, 0.3) is 0 Å². The zero-order chi connectivity index (χ0) is 20.2. The molecule has 1 aromatic heterocycles. The van der Waals surface area contributed by atoms with Gasteiger partial charge < -0.3 is 15.2 Å². The number of carbonyl (C=O) groups is 2. The number of nitrogens with one attached hydrogen (secondary N) is 2. The number of rotatable bonds is 5. The third kappa shape index (κ3) is 5.95. The Bertz CT molecular complexity index is 926. The molecule has 2 aromatic rings. The first-order valence-electron chi connectivity index (χ1n) is 7.66. The molecule has 1 heterocycles. The lowest BCUT2D eigenvalue weighted by Gasteiger charge is -2.12. The monoisotopic (exact) mass is 445 g/mol. The van der Waals surface area contributed by atoms with E-state index in [-0.39, 0.29) is 6.54 Å². The Morgan fingerprint density at radius 2 is 1.85 bits per heavy atom. The van der Waals surface area contributed by atoms with E-state index < -0.39 is 35.7 Å². The molecule has 144 valence electrons. The molecule has 0 atom stereocenters. The van der Waals surface area contributed by atoms with E-state index in [0.29, 0.717) is 22.5 Å². The summed E-state index contributed by atoms with van der Waals surface area (Å²) in [5.41, 5.74) is -0.433. The highest BCUT2D eigenvalue weighted by Gasteiger charge is 2.31. The van der Waals surface area contributed by atoms with E-state index in [1.54, 1.807) is 25.1 Å². The lowest BCUT2D eigenvalue weighted by molar-refractivity contribution is -0.138. The van der Waals surface area contributed by atoms with Crippen LogP contribution in [0.1, 0.15) is 11.1 Å². The van der Waals surface area contributed by atoms with Gasteiger partial charge in [-0.2, -0.15) is 13.2 Å². The maximum atomic E-state index is 12.7. The van der Waals surface area contributed by atoms with Crippen LogP contribution >= 0.6 is 15.9 Å². The first-order valence-corrected chi connectivity index (χ1v) is 8.46. The Kier molecular flexibility index (Phi) is 6.42. The number of benzene rings is 1. The van der Waals surface area contributed by atoms with Gasteiger partial charge in [0.15, 0.2) is 0 Å². The van der Waals surface area contributed by atoms with E-state index in [4.69, 9.17) is 0 Å². The zero-order valence-corrected chi connectivity index (χ0v) is 15.6. The average molecular weight is 446 g/mol. The number of aryl methyl sites for hydroxylation is 1. The maximum absolute atomic E-state index is 12.7. The van der Waals surface area contributed by atoms with Crippen LogP contribution in [-0.2, 0) is 22.3 Å². The Hall–Kier alpha value is -2.62. The second kappa shape index (κ2) is 8.38. The van der Waals surface area contributed by atoms with Gasteiger partial charge in [0.2, 0.25) is 11.8 Å². The molecule has 0 bridgehead atoms. The number of pyridine rings is 1. The van der Waals surface area contributed by atoms with Gasteiger partial charge in [0, 0.05) is 22.4 Å². The van der Waals surface area contributed by atoms with Crippen LogP contribution < -0.4 is 16.2 Å². The fraction of sp³-hybridized carbons (Fsp3) is 0.235. The second-order valence-corrected chi connectivity index (χ2v) is 6.58. The van der Waals surface area contributed by atoms with E-state index in [1.807, 2.05) is 0 Å². The molecule has 27 heavy (non-hydrogen) atoms. The van der Waals surface area contributed by atoms with E-state index in [9.17, 15) is 27.6 Å². The molecule has 10 heteroatoms. The van der Waals surface area contributed by atoms with E-state index >= 15 is 0 Å². The topological polar surface area (TPSA) is 80.2 Å². The Morgan fingerprint density at radius 3 is 2.48 bits per heavy atom. The summed E-state index contributed by atoms with van der Waals surface area (Å²) in [6.45, 7) is 0.772. The van der Waals surface area contributed by atoms with Gasteiger partial charge in [-0.05, 0) is 36.8 Å². The third-order valence-electron chi connectivity index (χ3n) is 3.53. The lowest BCUT2D eigenvalue weighted by Crippen LogP contribution is -2.37. The van der Waals surface area contributed by atoms with Crippen molar-refractivity contribution < 1.29 is 22.8 Å². The zero-order valence-electron chi connectivity index (χ0n) is 14.1. The molecular formula is C17H15BrF3N3O3. The molecular weight excluding hydrogens is 431 g/mol. The fourth-order valence-electron chi connectivity index (χ4n) is 2.17. The van der Waals surface area contributed by atoms with Crippen LogP contribution in [0.2, 0.25) is 0 Å². The lowest BCUT2D eigenvalue weighted by atomic mass is 10.2. The Balaban J connectivity index is 1.94. The van der Waals surface area contributed by atoms with Crippen LogP contribution in [0, 0.1) is 6.92 Å². The van der Waals surface area contributed by atoms with Crippen molar-refractivity contribution in [3.63, 3.8) is 0 Å². The fourth-order valence-corrected chi connectivity index (χ4v) is 2.65. The molecule has 0 spiro atoms. The van der Waals surface area contributed by atoms with Crippen molar-refractivity contribution in [2.45, 2.75) is 19.6 Å². The van der Waals surface area contributed by atoms with Crippen molar-refractivity contribution in [2.75, 3.05) is 11.9 Å². The van der Waals surface area contributed by atoms with Gasteiger partial charge in [-0.25, -0.2) is 0 Å². The molecule has 0 aliphatic carbocycles. The largest absolute Gasteiger partial charge is 0.417 e. The Labute approximate surface area is 160 Å². The molecule has 2 amide bonds. The van der Waals surface area contributed by atoms with Crippen LogP contribution in [0.3, 0.4) is 0 Å². The van der Waals surface area contributed by atoms with E-state index in [1.165, 1.54) is 0 Å². The van der Waals surface area contributed by atoms with Gasteiger partial charge in [0.05, 0.1) is 12.1 Å². The number of hydrogen-bond donors (Lipinski definition) is 2. The predicted octanol–water partition coefficient (Wildman–Crippen LogP) is 2.69. The van der Waals surface area contributed by atoms with Crippen molar-refractivity contribution in [3.05, 3.63) is 62.5 Å². The van der Waals surface area contributed by atoms with Crippen LogP contribution in [0.5, 0.6) is 0 Å². The minimum absolute atomic E-state index is 0.387. The van der Waals surface area contributed by atoms with Crippen molar-refractivity contribution in [3.8, 4) is 0 Å². The van der Waals surface area contributed by atoms with Gasteiger partial charge >= 0.3 is 6.18 Å². The van der Waals surface area contributed by atoms with Crippen molar-refractivity contribution >= 4 is 33.4 Å². The average Bonchev–Trinajstić information content (AvgIpc) is 2.56. The maximum Gasteiger partial charge on any atom is 0.417 e. The summed E-state index contributed by atoms with van der Waals surface area (Å²) in [5.74, 6) is -1.27. The molecule has 0 saturated heterocycles. The van der Waals surface area contributed by atoms with Gasteiger partial charge in [-0.15, -0.1) is 0 Å². The number of alkyl halides is 3. The second-order valence-electron chi connectivity index (χ2n) is 5.67. The summed E-state index contributed by atoms with van der Waals surface area (Å²) < 4.78 is 39.5. The molecule has 6 nitrogen and oxygen atoms in total. The number of nitrogens with zero attached hydrogens (tertiary/aromatic N) is 1. The molecule has 0 aliphatic heterocycles. The standard InChI is InChI=1S/C17H15BrF3N3O3/c1-10-6-12(18)3-4-13(10)23-14(25)7-22-15(26)9-24-8-11(17(19,20)21)2-5-16(24)27/h2-6,8H,7,9H2,1H3,(H,22,26)(H,23,25). The quantitative estimate of drug-likeness (QED) is 0.742. The number of anilines is 1. The smallest absolute Gasteiger partial charge is 0.345 e. The van der Waals surface area contributed by atoms with Crippen molar-refractivity contribution in [1.82, 2.24) is 9.88 Å². The summed E-state index contributed by atoms with van der Waals surface area (Å²) in [7, 11) is 0. The van der Waals surface area contributed by atoms with Gasteiger partial charge in [-0.1, -0.05) is 15.9 Å². The van der Waals surface area contributed by atoms with E-state index in [0.717, 1.165) is 16.1 Å². The molecule has 2 N–H and O–H groups in total. The van der Waals surface area contributed by atoms with Crippen molar-refractivity contribution in [2.24, 2.45) is 0 Å². The highest BCUT2D eigenvalue weighted by Crippen LogP contribution is 2.28. The first kappa shape index (κ1) is 20.7. The van der Waals surface area contributed by atoms with Gasteiger partial charge in [-0.3, -0.25) is 14.4 Å². The van der Waals surface area contributed by atoms with Gasteiger partial charge in [0.1, 0.15) is 6.54 Å². The number of carbonyl (C=O) groups excluding carboxylic acids is 2. The molecule has 0 unspecified atom stereocenters. The molecule has 0 radical (unpaired) electrons. The summed E-state index contributed by atoms with van der Waals surface area (Å²) in [4.78, 5) is 35.4. The highest BCUT2D eigenvalue weighted by molar-refractivity contribution is 9.10. The minimum atomic E-state index is -4.63. The molecule has 2 rings (SSSR count). The van der Waals surface area contributed by atoms with Crippen LogP contribution in [0.4, 0.5) is 18.9 Å². The predicted molar refractivity (Wildman–Crippen MR) is 96.2 cm³/mol. The van der Waals surface area contributed by atoms with E-state index in [2.05, 4.69) is 26.6 Å². The number of halogens is 4.